The summed E-state index contributed by atoms with van der Waals surface area (Å²) >= 11 is 0. The van der Waals surface area contributed by atoms with E-state index in [1.54, 1.807) is 11.9 Å². The highest BCUT2D eigenvalue weighted by Crippen LogP contribution is 2.23. The number of hydrogen-bond acceptors (Lipinski definition) is 2. The summed E-state index contributed by atoms with van der Waals surface area (Å²) in [7, 11) is 1.78. The number of aliphatic carboxylic acids is 1. The van der Waals surface area contributed by atoms with E-state index < -0.39 is 5.97 Å². The molecule has 0 radical (unpaired) electrons. The molecular formula is C12H22N2O3. The monoisotopic (exact) mass is 242 g/mol. The number of carbonyl (C=O) groups excluding carboxylic acids is 1. The van der Waals surface area contributed by atoms with Crippen LogP contribution in [0.5, 0.6) is 0 Å². The molecule has 1 unspecified atom stereocenters. The zero-order valence-corrected chi connectivity index (χ0v) is 10.8. The summed E-state index contributed by atoms with van der Waals surface area (Å²) in [4.78, 5) is 24.3. The van der Waals surface area contributed by atoms with E-state index in [9.17, 15) is 9.59 Å². The molecule has 0 aliphatic heterocycles. The van der Waals surface area contributed by atoms with Gasteiger partial charge in [0.2, 0.25) is 0 Å². The van der Waals surface area contributed by atoms with Gasteiger partial charge in [-0.05, 0) is 25.2 Å². The Morgan fingerprint density at radius 3 is 2.35 bits per heavy atom. The van der Waals surface area contributed by atoms with Crippen molar-refractivity contribution in [1.29, 1.82) is 0 Å². The van der Waals surface area contributed by atoms with Crippen LogP contribution in [0.4, 0.5) is 4.79 Å². The van der Waals surface area contributed by atoms with E-state index in [0.29, 0.717) is 6.04 Å². The molecule has 5 heteroatoms. The summed E-state index contributed by atoms with van der Waals surface area (Å²) in [5.74, 6) is -0.764. The smallest absolute Gasteiger partial charge is 0.317 e. The Bertz CT molecular complexity index is 287. The lowest BCUT2D eigenvalue weighted by atomic mass is 9.92. The molecule has 98 valence electrons. The molecule has 1 aliphatic rings. The van der Waals surface area contributed by atoms with Gasteiger partial charge >= 0.3 is 12.0 Å². The Balaban J connectivity index is 2.47. The molecule has 17 heavy (non-hydrogen) atoms. The lowest BCUT2D eigenvalue weighted by Gasteiger charge is -2.36. The minimum absolute atomic E-state index is 0.0259. The van der Waals surface area contributed by atoms with Gasteiger partial charge in [-0.25, -0.2) is 4.79 Å². The van der Waals surface area contributed by atoms with Gasteiger partial charge < -0.3 is 15.3 Å². The zero-order chi connectivity index (χ0) is 13.0. The summed E-state index contributed by atoms with van der Waals surface area (Å²) in [5, 5.41) is 11.6. The summed E-state index contributed by atoms with van der Waals surface area (Å²) in [6.45, 7) is 3.83. The third-order valence-corrected chi connectivity index (χ3v) is 3.45. The minimum atomic E-state index is -0.879. The SMILES string of the molecule is CC(C)C(CC(=O)O)NC(=O)N(C)C1CCC1. The van der Waals surface area contributed by atoms with Crippen molar-refractivity contribution in [2.24, 2.45) is 5.92 Å². The lowest BCUT2D eigenvalue weighted by Crippen LogP contribution is -2.51. The molecule has 0 aromatic carbocycles. The molecule has 5 nitrogen and oxygen atoms in total. The Labute approximate surface area is 102 Å². The molecule has 0 bridgehead atoms. The van der Waals surface area contributed by atoms with Crippen molar-refractivity contribution in [3.05, 3.63) is 0 Å². The predicted molar refractivity (Wildman–Crippen MR) is 64.8 cm³/mol. The first kappa shape index (κ1) is 13.8. The number of nitrogens with one attached hydrogen (secondary N) is 1. The first-order chi connectivity index (χ1) is 7.91. The zero-order valence-electron chi connectivity index (χ0n) is 10.8. The fraction of sp³-hybridized carbons (Fsp3) is 0.833. The topological polar surface area (TPSA) is 69.6 Å². The fourth-order valence-corrected chi connectivity index (χ4v) is 1.84. The molecule has 0 saturated heterocycles. The number of amides is 2. The summed E-state index contributed by atoms with van der Waals surface area (Å²) in [6.07, 6.45) is 3.25. The van der Waals surface area contributed by atoms with Gasteiger partial charge in [-0.3, -0.25) is 4.79 Å². The van der Waals surface area contributed by atoms with E-state index >= 15 is 0 Å². The van der Waals surface area contributed by atoms with Crippen LogP contribution in [0, 0.1) is 5.92 Å². The third kappa shape index (κ3) is 3.91. The normalized spacial score (nSPS) is 17.4. The maximum Gasteiger partial charge on any atom is 0.317 e. The average molecular weight is 242 g/mol. The van der Waals surface area contributed by atoms with Crippen LogP contribution in [0.1, 0.15) is 39.5 Å². The van der Waals surface area contributed by atoms with Crippen LogP contribution in [-0.4, -0.2) is 41.1 Å². The summed E-state index contributed by atoms with van der Waals surface area (Å²) in [5.41, 5.74) is 0. The highest BCUT2D eigenvalue weighted by Gasteiger charge is 2.28. The molecule has 0 heterocycles. The lowest BCUT2D eigenvalue weighted by molar-refractivity contribution is -0.137. The molecule has 1 aliphatic carbocycles. The largest absolute Gasteiger partial charge is 0.481 e. The van der Waals surface area contributed by atoms with Gasteiger partial charge in [-0.2, -0.15) is 0 Å². The van der Waals surface area contributed by atoms with Crippen LogP contribution in [0.25, 0.3) is 0 Å². The molecular weight excluding hydrogens is 220 g/mol. The Kier molecular flexibility index (Phi) is 4.78. The maximum atomic E-state index is 11.9. The molecule has 0 spiro atoms. The molecule has 1 atom stereocenters. The molecule has 1 rings (SSSR count). The number of nitrogens with zero attached hydrogens (tertiary/aromatic N) is 1. The average Bonchev–Trinajstić information content (AvgIpc) is 2.12. The van der Waals surface area contributed by atoms with Gasteiger partial charge in [-0.1, -0.05) is 13.8 Å². The second kappa shape index (κ2) is 5.89. The molecule has 0 aromatic heterocycles. The van der Waals surface area contributed by atoms with Crippen LogP contribution >= 0.6 is 0 Å². The second-order valence-electron chi connectivity index (χ2n) is 5.09. The Morgan fingerprint density at radius 2 is 2.00 bits per heavy atom. The highest BCUT2D eigenvalue weighted by atomic mass is 16.4. The number of hydrogen-bond donors (Lipinski definition) is 2. The van der Waals surface area contributed by atoms with Crippen LogP contribution in [0.3, 0.4) is 0 Å². The summed E-state index contributed by atoms with van der Waals surface area (Å²) < 4.78 is 0. The second-order valence-corrected chi connectivity index (χ2v) is 5.09. The number of urea groups is 1. The van der Waals surface area contributed by atoms with Crippen molar-refractivity contribution in [3.63, 3.8) is 0 Å². The minimum Gasteiger partial charge on any atom is -0.481 e. The van der Waals surface area contributed by atoms with Crippen molar-refractivity contribution in [2.45, 2.75) is 51.6 Å². The number of rotatable bonds is 5. The molecule has 2 amide bonds. The molecule has 2 N–H and O–H groups in total. The van der Waals surface area contributed by atoms with Crippen molar-refractivity contribution in [2.75, 3.05) is 7.05 Å². The number of carbonyl (C=O) groups is 2. The van der Waals surface area contributed by atoms with E-state index in [4.69, 9.17) is 5.11 Å². The van der Waals surface area contributed by atoms with Crippen molar-refractivity contribution in [1.82, 2.24) is 10.2 Å². The maximum absolute atomic E-state index is 11.9. The van der Waals surface area contributed by atoms with Gasteiger partial charge in [0, 0.05) is 19.1 Å². The van der Waals surface area contributed by atoms with Crippen LogP contribution < -0.4 is 5.32 Å². The van der Waals surface area contributed by atoms with Crippen molar-refractivity contribution < 1.29 is 14.7 Å². The predicted octanol–water partition coefficient (Wildman–Crippen LogP) is 1.68. The van der Waals surface area contributed by atoms with Crippen LogP contribution in [-0.2, 0) is 4.79 Å². The number of carboxylic acids is 1. The Morgan fingerprint density at radius 1 is 1.41 bits per heavy atom. The third-order valence-electron chi connectivity index (χ3n) is 3.45. The van der Waals surface area contributed by atoms with E-state index in [-0.39, 0.29) is 24.4 Å². The van der Waals surface area contributed by atoms with Gasteiger partial charge in [0.15, 0.2) is 0 Å². The standard InChI is InChI=1S/C12H22N2O3/c1-8(2)10(7-11(15)16)13-12(17)14(3)9-5-4-6-9/h8-10H,4-7H2,1-3H3,(H,13,17)(H,15,16). The number of carboxylic acid groups (broad SMARTS) is 1. The quantitative estimate of drug-likeness (QED) is 0.770. The van der Waals surface area contributed by atoms with E-state index in [1.165, 1.54) is 6.42 Å². The first-order valence-electron chi connectivity index (χ1n) is 6.17. The van der Waals surface area contributed by atoms with Crippen LogP contribution in [0.15, 0.2) is 0 Å². The summed E-state index contributed by atoms with van der Waals surface area (Å²) in [6, 6.07) is -0.134. The fourth-order valence-electron chi connectivity index (χ4n) is 1.84. The first-order valence-corrected chi connectivity index (χ1v) is 6.17. The van der Waals surface area contributed by atoms with Gasteiger partial charge in [0.05, 0.1) is 6.42 Å². The van der Waals surface area contributed by atoms with Gasteiger partial charge in [0.1, 0.15) is 0 Å². The van der Waals surface area contributed by atoms with E-state index in [0.717, 1.165) is 12.8 Å². The highest BCUT2D eigenvalue weighted by molar-refractivity contribution is 5.76. The van der Waals surface area contributed by atoms with E-state index in [2.05, 4.69) is 5.32 Å². The van der Waals surface area contributed by atoms with E-state index in [1.807, 2.05) is 13.8 Å². The molecule has 0 aromatic rings. The van der Waals surface area contributed by atoms with Crippen LogP contribution in [0.2, 0.25) is 0 Å². The Hall–Kier alpha value is -1.26. The van der Waals surface area contributed by atoms with Gasteiger partial charge in [0.25, 0.3) is 0 Å². The molecule has 1 fully saturated rings. The van der Waals surface area contributed by atoms with Crippen molar-refractivity contribution in [3.8, 4) is 0 Å². The molecule has 1 saturated carbocycles. The van der Waals surface area contributed by atoms with Crippen molar-refractivity contribution >= 4 is 12.0 Å². The van der Waals surface area contributed by atoms with Gasteiger partial charge in [-0.15, -0.1) is 0 Å².